The monoisotopic (exact) mass is 371 g/mol. The standard InChI is InChI=1S/C17H22FN3OS.ClH/c1-10-5-6-11(8-13(10)18)7-12-9-20-16(23-12)21-15(22)14(19)17(2,3)4;/h5-6,8-9,14H,7,19H2,1-4H3,(H,20,21,22);1H/t14-;/m1./s1. The maximum atomic E-state index is 13.6. The fourth-order valence-corrected chi connectivity index (χ4v) is 2.82. The molecule has 0 saturated heterocycles. The molecule has 0 spiro atoms. The molecule has 1 amide bonds. The minimum absolute atomic E-state index is 0. The van der Waals surface area contributed by atoms with E-state index < -0.39 is 6.04 Å². The number of anilines is 1. The molecule has 0 saturated carbocycles. The number of carbonyl (C=O) groups excluding carboxylic acids is 1. The zero-order valence-corrected chi connectivity index (χ0v) is 15.9. The van der Waals surface area contributed by atoms with Crippen molar-refractivity contribution in [2.24, 2.45) is 11.1 Å². The molecule has 0 radical (unpaired) electrons. The number of hydrogen-bond donors (Lipinski definition) is 2. The third-order valence-corrected chi connectivity index (χ3v) is 4.53. The number of nitrogens with zero attached hydrogens (tertiary/aromatic N) is 1. The van der Waals surface area contributed by atoms with Gasteiger partial charge in [-0.05, 0) is 29.5 Å². The summed E-state index contributed by atoms with van der Waals surface area (Å²) in [4.78, 5) is 17.2. The lowest BCUT2D eigenvalue weighted by Gasteiger charge is -2.25. The highest BCUT2D eigenvalue weighted by molar-refractivity contribution is 7.15. The van der Waals surface area contributed by atoms with E-state index in [2.05, 4.69) is 10.3 Å². The van der Waals surface area contributed by atoms with Crippen LogP contribution >= 0.6 is 23.7 Å². The number of halogens is 2. The molecule has 24 heavy (non-hydrogen) atoms. The zero-order chi connectivity index (χ0) is 17.2. The Morgan fingerprint density at radius 1 is 1.42 bits per heavy atom. The average molecular weight is 372 g/mol. The summed E-state index contributed by atoms with van der Waals surface area (Å²) < 4.78 is 13.6. The van der Waals surface area contributed by atoms with Crippen molar-refractivity contribution >= 4 is 34.8 Å². The number of rotatable bonds is 4. The van der Waals surface area contributed by atoms with E-state index in [1.54, 1.807) is 19.2 Å². The molecule has 0 bridgehead atoms. The second kappa shape index (κ2) is 8.05. The molecular formula is C17H23ClFN3OS. The molecule has 2 aromatic rings. The third-order valence-electron chi connectivity index (χ3n) is 3.61. The van der Waals surface area contributed by atoms with Crippen LogP contribution in [0.1, 0.15) is 36.8 Å². The molecule has 132 valence electrons. The van der Waals surface area contributed by atoms with Crippen LogP contribution in [-0.2, 0) is 11.2 Å². The van der Waals surface area contributed by atoms with Gasteiger partial charge in [0.05, 0.1) is 6.04 Å². The van der Waals surface area contributed by atoms with Crippen LogP contribution < -0.4 is 11.1 Å². The first-order valence-electron chi connectivity index (χ1n) is 7.43. The number of benzene rings is 1. The average Bonchev–Trinajstić information content (AvgIpc) is 2.88. The highest BCUT2D eigenvalue weighted by atomic mass is 35.5. The maximum absolute atomic E-state index is 13.6. The van der Waals surface area contributed by atoms with E-state index in [1.807, 2.05) is 26.8 Å². The summed E-state index contributed by atoms with van der Waals surface area (Å²) >= 11 is 1.37. The van der Waals surface area contributed by atoms with Gasteiger partial charge in [0.25, 0.3) is 0 Å². The molecule has 1 aromatic heterocycles. The van der Waals surface area contributed by atoms with E-state index >= 15 is 0 Å². The Morgan fingerprint density at radius 2 is 2.08 bits per heavy atom. The fraction of sp³-hybridized carbons (Fsp3) is 0.412. The number of aromatic nitrogens is 1. The first-order valence-corrected chi connectivity index (χ1v) is 8.24. The lowest BCUT2D eigenvalue weighted by Crippen LogP contribution is -2.45. The molecule has 2 rings (SSSR count). The number of hydrogen-bond acceptors (Lipinski definition) is 4. The summed E-state index contributed by atoms with van der Waals surface area (Å²) in [7, 11) is 0. The van der Waals surface area contributed by atoms with E-state index in [1.165, 1.54) is 17.4 Å². The van der Waals surface area contributed by atoms with Crippen molar-refractivity contribution in [3.05, 3.63) is 46.2 Å². The Hall–Kier alpha value is -1.50. The van der Waals surface area contributed by atoms with Crippen molar-refractivity contribution in [3.8, 4) is 0 Å². The van der Waals surface area contributed by atoms with E-state index in [0.29, 0.717) is 17.1 Å². The third kappa shape index (κ3) is 5.26. The van der Waals surface area contributed by atoms with Crippen LogP contribution in [0, 0.1) is 18.2 Å². The summed E-state index contributed by atoms with van der Waals surface area (Å²) in [5.74, 6) is -0.462. The van der Waals surface area contributed by atoms with Crippen LogP contribution in [0.2, 0.25) is 0 Å². The van der Waals surface area contributed by atoms with Gasteiger partial charge in [-0.1, -0.05) is 32.9 Å². The highest BCUT2D eigenvalue weighted by Gasteiger charge is 2.27. The SMILES string of the molecule is Cc1ccc(Cc2cnc(NC(=O)[C@@H](N)C(C)(C)C)s2)cc1F.Cl. The minimum Gasteiger partial charge on any atom is -0.319 e. The van der Waals surface area contributed by atoms with E-state index in [4.69, 9.17) is 5.73 Å². The Labute approximate surface area is 152 Å². The first kappa shape index (κ1) is 20.5. The Balaban J connectivity index is 0.00000288. The van der Waals surface area contributed by atoms with Crippen LogP contribution in [0.3, 0.4) is 0 Å². The molecule has 1 heterocycles. The summed E-state index contributed by atoms with van der Waals surface area (Å²) in [5, 5.41) is 3.26. The predicted octanol–water partition coefficient (Wildman–Crippen LogP) is 3.92. The van der Waals surface area contributed by atoms with E-state index in [-0.39, 0.29) is 29.5 Å². The van der Waals surface area contributed by atoms with Crippen molar-refractivity contribution in [1.82, 2.24) is 4.98 Å². The highest BCUT2D eigenvalue weighted by Crippen LogP contribution is 2.24. The van der Waals surface area contributed by atoms with Crippen molar-refractivity contribution in [2.75, 3.05) is 5.32 Å². The molecule has 0 aliphatic carbocycles. The fourth-order valence-electron chi connectivity index (χ4n) is 1.97. The lowest BCUT2D eigenvalue weighted by atomic mass is 9.87. The number of carbonyl (C=O) groups is 1. The number of nitrogens with one attached hydrogen (secondary N) is 1. The minimum atomic E-state index is -0.610. The van der Waals surface area contributed by atoms with Gasteiger partial charge in [-0.15, -0.1) is 23.7 Å². The molecule has 7 heteroatoms. The quantitative estimate of drug-likeness (QED) is 0.856. The molecular weight excluding hydrogens is 349 g/mol. The molecule has 0 aliphatic rings. The van der Waals surface area contributed by atoms with Gasteiger partial charge in [0.15, 0.2) is 5.13 Å². The number of nitrogens with two attached hydrogens (primary N) is 1. The summed E-state index contributed by atoms with van der Waals surface area (Å²) in [6.45, 7) is 7.47. The first-order chi connectivity index (χ1) is 10.7. The molecule has 0 unspecified atom stereocenters. The Kier molecular flexibility index (Phi) is 6.89. The Morgan fingerprint density at radius 3 is 2.67 bits per heavy atom. The summed E-state index contributed by atoms with van der Waals surface area (Å²) in [6, 6.07) is 4.58. The van der Waals surface area contributed by atoms with Crippen molar-refractivity contribution in [3.63, 3.8) is 0 Å². The predicted molar refractivity (Wildman–Crippen MR) is 99.4 cm³/mol. The number of aryl methyl sites for hydroxylation is 1. The van der Waals surface area contributed by atoms with Crippen LogP contribution in [0.25, 0.3) is 0 Å². The maximum Gasteiger partial charge on any atom is 0.243 e. The van der Waals surface area contributed by atoms with Crippen LogP contribution in [0.5, 0.6) is 0 Å². The summed E-state index contributed by atoms with van der Waals surface area (Å²) in [6.07, 6.45) is 2.27. The molecule has 0 aliphatic heterocycles. The van der Waals surface area contributed by atoms with Crippen molar-refractivity contribution < 1.29 is 9.18 Å². The topological polar surface area (TPSA) is 68.0 Å². The van der Waals surface area contributed by atoms with Gasteiger partial charge in [0, 0.05) is 17.5 Å². The largest absolute Gasteiger partial charge is 0.319 e. The van der Waals surface area contributed by atoms with Gasteiger partial charge < -0.3 is 11.1 Å². The van der Waals surface area contributed by atoms with Crippen LogP contribution in [-0.4, -0.2) is 16.9 Å². The zero-order valence-electron chi connectivity index (χ0n) is 14.2. The van der Waals surface area contributed by atoms with Gasteiger partial charge in [0.2, 0.25) is 5.91 Å². The van der Waals surface area contributed by atoms with Gasteiger partial charge in [0.1, 0.15) is 5.82 Å². The molecule has 4 nitrogen and oxygen atoms in total. The van der Waals surface area contributed by atoms with E-state index in [0.717, 1.165) is 10.4 Å². The second-order valence-electron chi connectivity index (χ2n) is 6.72. The van der Waals surface area contributed by atoms with Gasteiger partial charge in [-0.25, -0.2) is 9.37 Å². The number of thiazole rings is 1. The van der Waals surface area contributed by atoms with Crippen LogP contribution in [0.4, 0.5) is 9.52 Å². The van der Waals surface area contributed by atoms with Gasteiger partial charge in [-0.3, -0.25) is 4.79 Å². The smallest absolute Gasteiger partial charge is 0.243 e. The van der Waals surface area contributed by atoms with Crippen molar-refractivity contribution in [1.29, 1.82) is 0 Å². The van der Waals surface area contributed by atoms with Gasteiger partial charge in [-0.2, -0.15) is 0 Å². The molecule has 1 atom stereocenters. The van der Waals surface area contributed by atoms with Crippen LogP contribution in [0.15, 0.2) is 24.4 Å². The number of amides is 1. The Bertz CT molecular complexity index is 712. The molecule has 0 fully saturated rings. The van der Waals surface area contributed by atoms with Gasteiger partial charge >= 0.3 is 0 Å². The molecule has 1 aromatic carbocycles. The van der Waals surface area contributed by atoms with Crippen molar-refractivity contribution in [2.45, 2.75) is 40.2 Å². The molecule has 3 N–H and O–H groups in total. The normalized spacial score (nSPS) is 12.4. The van der Waals surface area contributed by atoms with E-state index in [9.17, 15) is 9.18 Å². The second-order valence-corrected chi connectivity index (χ2v) is 7.84. The summed E-state index contributed by atoms with van der Waals surface area (Å²) in [5.41, 5.74) is 7.11. The lowest BCUT2D eigenvalue weighted by molar-refractivity contribution is -0.119.